The maximum Gasteiger partial charge on any atom is 0.0457 e. The molecule has 0 spiro atoms. The molecule has 2 heteroatoms. The summed E-state index contributed by atoms with van der Waals surface area (Å²) >= 11 is 0. The molecule has 2 unspecified atom stereocenters. The Morgan fingerprint density at radius 3 is 2.94 bits per heavy atom. The average Bonchev–Trinajstić information content (AvgIpc) is 2.81. The third-order valence-corrected chi connectivity index (χ3v) is 4.34. The monoisotopic (exact) mass is 242 g/mol. The standard InChI is InChI=1S/C16H22N2/c1-12-6-2-4-8-15(12)17-10-13-11-18-16-9-5-3-7-14(13)16/h3,5,7,9,11-12,15,17-18H,2,4,6,8,10H2,1H3. The minimum Gasteiger partial charge on any atom is -0.361 e. The second-order valence-electron chi connectivity index (χ2n) is 5.61. The van der Waals surface area contributed by atoms with Crippen molar-refractivity contribution in [2.75, 3.05) is 0 Å². The van der Waals surface area contributed by atoms with E-state index in [2.05, 4.69) is 47.7 Å². The van der Waals surface area contributed by atoms with Gasteiger partial charge in [-0.2, -0.15) is 0 Å². The number of hydrogen-bond donors (Lipinski definition) is 2. The number of benzene rings is 1. The van der Waals surface area contributed by atoms with Gasteiger partial charge in [-0.05, 0) is 30.4 Å². The maximum absolute atomic E-state index is 3.75. The normalized spacial score (nSPS) is 24.5. The molecule has 2 atom stereocenters. The van der Waals surface area contributed by atoms with E-state index in [-0.39, 0.29) is 0 Å². The molecule has 1 aromatic heterocycles. The van der Waals surface area contributed by atoms with Crippen LogP contribution in [-0.2, 0) is 6.54 Å². The van der Waals surface area contributed by atoms with Crippen molar-refractivity contribution in [2.24, 2.45) is 5.92 Å². The molecule has 1 fully saturated rings. The summed E-state index contributed by atoms with van der Waals surface area (Å²) in [6.45, 7) is 3.37. The van der Waals surface area contributed by atoms with Crippen LogP contribution < -0.4 is 5.32 Å². The Kier molecular flexibility index (Phi) is 3.37. The van der Waals surface area contributed by atoms with E-state index in [0.717, 1.165) is 12.5 Å². The van der Waals surface area contributed by atoms with Gasteiger partial charge in [0.2, 0.25) is 0 Å². The van der Waals surface area contributed by atoms with Crippen molar-refractivity contribution in [2.45, 2.75) is 45.2 Å². The summed E-state index contributed by atoms with van der Waals surface area (Å²) in [6, 6.07) is 9.24. The fourth-order valence-corrected chi connectivity index (χ4v) is 3.14. The summed E-state index contributed by atoms with van der Waals surface area (Å²) < 4.78 is 0. The lowest BCUT2D eigenvalue weighted by Gasteiger charge is -2.29. The molecular formula is C16H22N2. The van der Waals surface area contributed by atoms with Crippen molar-refractivity contribution < 1.29 is 0 Å². The number of fused-ring (bicyclic) bond motifs is 1. The van der Waals surface area contributed by atoms with Crippen LogP contribution in [0.5, 0.6) is 0 Å². The van der Waals surface area contributed by atoms with E-state index < -0.39 is 0 Å². The predicted molar refractivity (Wildman–Crippen MR) is 76.6 cm³/mol. The van der Waals surface area contributed by atoms with E-state index in [1.165, 1.54) is 42.1 Å². The van der Waals surface area contributed by atoms with Crippen molar-refractivity contribution in [3.63, 3.8) is 0 Å². The van der Waals surface area contributed by atoms with Gasteiger partial charge < -0.3 is 10.3 Å². The molecule has 1 heterocycles. The van der Waals surface area contributed by atoms with Gasteiger partial charge >= 0.3 is 0 Å². The number of rotatable bonds is 3. The van der Waals surface area contributed by atoms with Gasteiger partial charge in [0.1, 0.15) is 0 Å². The smallest absolute Gasteiger partial charge is 0.0457 e. The summed E-state index contributed by atoms with van der Waals surface area (Å²) in [5.74, 6) is 0.823. The number of aromatic amines is 1. The Balaban J connectivity index is 1.69. The summed E-state index contributed by atoms with van der Waals surface area (Å²) in [5, 5.41) is 5.10. The van der Waals surface area contributed by atoms with Crippen LogP contribution in [0.1, 0.15) is 38.2 Å². The molecular weight excluding hydrogens is 220 g/mol. The van der Waals surface area contributed by atoms with Gasteiger partial charge in [-0.15, -0.1) is 0 Å². The lowest BCUT2D eigenvalue weighted by atomic mass is 9.86. The number of hydrogen-bond acceptors (Lipinski definition) is 1. The molecule has 2 N–H and O–H groups in total. The summed E-state index contributed by atoms with van der Waals surface area (Å²) in [4.78, 5) is 3.35. The second kappa shape index (κ2) is 5.15. The van der Waals surface area contributed by atoms with Crippen LogP contribution in [0.25, 0.3) is 10.9 Å². The molecule has 1 aromatic carbocycles. The Morgan fingerprint density at radius 2 is 2.06 bits per heavy atom. The first-order valence-corrected chi connectivity index (χ1v) is 7.13. The minimum absolute atomic E-state index is 0.701. The van der Waals surface area contributed by atoms with Gasteiger partial charge in [0, 0.05) is 29.7 Å². The first kappa shape index (κ1) is 11.8. The van der Waals surface area contributed by atoms with Crippen LogP contribution in [0.2, 0.25) is 0 Å². The number of para-hydroxylation sites is 1. The number of nitrogens with one attached hydrogen (secondary N) is 2. The van der Waals surface area contributed by atoms with Crippen molar-refractivity contribution in [1.29, 1.82) is 0 Å². The molecule has 2 nitrogen and oxygen atoms in total. The Hall–Kier alpha value is -1.28. The lowest BCUT2D eigenvalue weighted by Crippen LogP contribution is -2.36. The van der Waals surface area contributed by atoms with Gasteiger partial charge in [0.05, 0.1) is 0 Å². The molecule has 2 aromatic rings. The van der Waals surface area contributed by atoms with Gasteiger partial charge in [0.15, 0.2) is 0 Å². The zero-order valence-electron chi connectivity index (χ0n) is 11.1. The van der Waals surface area contributed by atoms with Crippen LogP contribution >= 0.6 is 0 Å². The van der Waals surface area contributed by atoms with Gasteiger partial charge in [-0.1, -0.05) is 38.0 Å². The highest BCUT2D eigenvalue weighted by Gasteiger charge is 2.20. The molecule has 0 radical (unpaired) electrons. The Labute approximate surface area is 109 Å². The van der Waals surface area contributed by atoms with Crippen molar-refractivity contribution in [3.8, 4) is 0 Å². The zero-order chi connectivity index (χ0) is 12.4. The fourth-order valence-electron chi connectivity index (χ4n) is 3.14. The number of aromatic nitrogens is 1. The van der Waals surface area contributed by atoms with E-state index >= 15 is 0 Å². The van der Waals surface area contributed by atoms with Gasteiger partial charge in [-0.3, -0.25) is 0 Å². The molecule has 3 rings (SSSR count). The van der Waals surface area contributed by atoms with Crippen molar-refractivity contribution >= 4 is 10.9 Å². The third kappa shape index (κ3) is 2.30. The van der Waals surface area contributed by atoms with Gasteiger partial charge in [-0.25, -0.2) is 0 Å². The summed E-state index contributed by atoms with van der Waals surface area (Å²) in [7, 11) is 0. The average molecular weight is 242 g/mol. The molecule has 0 amide bonds. The Morgan fingerprint density at radius 1 is 1.22 bits per heavy atom. The fraction of sp³-hybridized carbons (Fsp3) is 0.500. The van der Waals surface area contributed by atoms with Crippen LogP contribution in [0.3, 0.4) is 0 Å². The highest BCUT2D eigenvalue weighted by atomic mass is 14.9. The predicted octanol–water partition coefficient (Wildman–Crippen LogP) is 3.84. The van der Waals surface area contributed by atoms with E-state index in [9.17, 15) is 0 Å². The highest BCUT2D eigenvalue weighted by Crippen LogP contribution is 2.24. The van der Waals surface area contributed by atoms with E-state index in [1.807, 2.05) is 0 Å². The number of H-pyrrole nitrogens is 1. The van der Waals surface area contributed by atoms with Crippen LogP contribution in [0.4, 0.5) is 0 Å². The lowest BCUT2D eigenvalue weighted by molar-refractivity contribution is 0.279. The van der Waals surface area contributed by atoms with E-state index in [0.29, 0.717) is 6.04 Å². The molecule has 1 aliphatic rings. The molecule has 0 saturated heterocycles. The molecule has 96 valence electrons. The molecule has 0 aliphatic heterocycles. The van der Waals surface area contributed by atoms with Crippen molar-refractivity contribution in [1.82, 2.24) is 10.3 Å². The van der Waals surface area contributed by atoms with Crippen LogP contribution in [0, 0.1) is 5.92 Å². The van der Waals surface area contributed by atoms with Crippen LogP contribution in [0.15, 0.2) is 30.5 Å². The highest BCUT2D eigenvalue weighted by molar-refractivity contribution is 5.82. The van der Waals surface area contributed by atoms with Crippen molar-refractivity contribution in [3.05, 3.63) is 36.0 Å². The summed E-state index contributed by atoms with van der Waals surface area (Å²) in [5.41, 5.74) is 2.63. The van der Waals surface area contributed by atoms with E-state index in [4.69, 9.17) is 0 Å². The zero-order valence-corrected chi connectivity index (χ0v) is 11.1. The third-order valence-electron chi connectivity index (χ3n) is 4.34. The minimum atomic E-state index is 0.701. The molecule has 0 bridgehead atoms. The van der Waals surface area contributed by atoms with E-state index in [1.54, 1.807) is 0 Å². The topological polar surface area (TPSA) is 27.8 Å². The van der Waals surface area contributed by atoms with Crippen LogP contribution in [-0.4, -0.2) is 11.0 Å². The Bertz CT molecular complexity index is 515. The first-order chi connectivity index (χ1) is 8.84. The molecule has 1 aliphatic carbocycles. The molecule has 18 heavy (non-hydrogen) atoms. The molecule has 1 saturated carbocycles. The second-order valence-corrected chi connectivity index (χ2v) is 5.61. The first-order valence-electron chi connectivity index (χ1n) is 7.13. The quantitative estimate of drug-likeness (QED) is 0.841. The maximum atomic E-state index is 3.75. The van der Waals surface area contributed by atoms with Gasteiger partial charge in [0.25, 0.3) is 0 Å². The SMILES string of the molecule is CC1CCCCC1NCc1c[nH]c2ccccc12. The summed E-state index contributed by atoms with van der Waals surface area (Å²) in [6.07, 6.45) is 7.66. The largest absolute Gasteiger partial charge is 0.361 e.